The van der Waals surface area contributed by atoms with E-state index in [1.165, 1.54) is 0 Å². The van der Waals surface area contributed by atoms with Crippen molar-refractivity contribution in [2.45, 2.75) is 56.9 Å². The molecule has 1 N–H and O–H groups in total. The van der Waals surface area contributed by atoms with Gasteiger partial charge in [-0.1, -0.05) is 42.5 Å². The Morgan fingerprint density at radius 1 is 1.10 bits per heavy atom. The molecule has 154 valence electrons. The zero-order valence-electron chi connectivity index (χ0n) is 17.1. The van der Waals surface area contributed by atoms with Crippen molar-refractivity contribution in [3.63, 3.8) is 0 Å². The molecule has 2 unspecified atom stereocenters. The Hall–Kier alpha value is -2.92. The largest absolute Gasteiger partial charge is 0.445 e. The summed E-state index contributed by atoms with van der Waals surface area (Å²) in [6.45, 7) is 2.25. The molecule has 0 aliphatic carbocycles. The summed E-state index contributed by atoms with van der Waals surface area (Å²) in [5.74, 6) is 0. The van der Waals surface area contributed by atoms with Crippen molar-refractivity contribution < 1.29 is 14.6 Å². The van der Waals surface area contributed by atoms with Crippen LogP contribution in [0.25, 0.3) is 10.9 Å². The van der Waals surface area contributed by atoms with Gasteiger partial charge in [0.15, 0.2) is 0 Å². The fourth-order valence-electron chi connectivity index (χ4n) is 5.07. The monoisotopic (exact) mass is 402 g/mol. The smallest absolute Gasteiger partial charge is 0.410 e. The lowest BCUT2D eigenvalue weighted by Gasteiger charge is -2.43. The summed E-state index contributed by atoms with van der Waals surface area (Å²) in [4.78, 5) is 19.2. The molecule has 2 fully saturated rings. The Morgan fingerprint density at radius 3 is 2.57 bits per heavy atom. The molecule has 1 amide bonds. The number of hydrogen-bond acceptors (Lipinski definition) is 4. The number of nitrogens with zero attached hydrogens (tertiary/aromatic N) is 2. The summed E-state index contributed by atoms with van der Waals surface area (Å²) in [7, 11) is 0. The zero-order valence-corrected chi connectivity index (χ0v) is 17.1. The third kappa shape index (κ3) is 3.43. The van der Waals surface area contributed by atoms with Crippen LogP contribution in [0.2, 0.25) is 0 Å². The molecule has 3 aromatic rings. The van der Waals surface area contributed by atoms with E-state index in [-0.39, 0.29) is 24.8 Å². The van der Waals surface area contributed by atoms with Gasteiger partial charge in [-0.2, -0.15) is 0 Å². The van der Waals surface area contributed by atoms with Crippen molar-refractivity contribution in [1.29, 1.82) is 0 Å². The number of aryl methyl sites for hydroxylation is 1. The molecule has 2 aromatic carbocycles. The Labute approximate surface area is 176 Å². The fourth-order valence-corrected chi connectivity index (χ4v) is 5.07. The predicted molar refractivity (Wildman–Crippen MR) is 115 cm³/mol. The third-order valence-corrected chi connectivity index (χ3v) is 6.55. The summed E-state index contributed by atoms with van der Waals surface area (Å²) in [5, 5.41) is 12.6. The average molecular weight is 402 g/mol. The number of carbonyl (C=O) groups excluding carboxylic acids is 1. The molecular weight excluding hydrogens is 376 g/mol. The van der Waals surface area contributed by atoms with Crippen LogP contribution in [-0.4, -0.2) is 33.2 Å². The molecule has 2 atom stereocenters. The number of aromatic nitrogens is 1. The summed E-state index contributed by atoms with van der Waals surface area (Å²) in [6, 6.07) is 19.8. The van der Waals surface area contributed by atoms with Crippen LogP contribution in [0, 0.1) is 6.92 Å². The van der Waals surface area contributed by atoms with Crippen LogP contribution in [0.1, 0.15) is 42.5 Å². The molecule has 0 radical (unpaired) electrons. The molecule has 5 nitrogen and oxygen atoms in total. The van der Waals surface area contributed by atoms with Crippen LogP contribution >= 0.6 is 0 Å². The SMILES string of the molecule is Cc1ccc2cc(C3(O)CC4CCC(C3)N4C(=O)OCc3ccccc3)ccc2n1. The number of aliphatic hydroxyl groups is 1. The molecule has 2 saturated heterocycles. The highest BCUT2D eigenvalue weighted by Gasteiger charge is 2.50. The van der Waals surface area contributed by atoms with Gasteiger partial charge in [-0.25, -0.2) is 4.79 Å². The van der Waals surface area contributed by atoms with E-state index in [9.17, 15) is 9.90 Å². The molecule has 2 aliphatic heterocycles. The van der Waals surface area contributed by atoms with E-state index in [0.717, 1.165) is 40.6 Å². The van der Waals surface area contributed by atoms with Crippen molar-refractivity contribution in [3.8, 4) is 0 Å². The minimum atomic E-state index is -0.929. The molecule has 2 aliphatic rings. The first kappa shape index (κ1) is 19.1. The van der Waals surface area contributed by atoms with Crippen LogP contribution in [-0.2, 0) is 16.9 Å². The number of fused-ring (bicyclic) bond motifs is 3. The normalized spacial score (nSPS) is 25.5. The molecule has 0 spiro atoms. The minimum absolute atomic E-state index is 0.00358. The van der Waals surface area contributed by atoms with Gasteiger partial charge in [0, 0.05) is 36.0 Å². The van der Waals surface area contributed by atoms with Gasteiger partial charge < -0.3 is 14.7 Å². The number of carbonyl (C=O) groups is 1. The summed E-state index contributed by atoms with van der Waals surface area (Å²) >= 11 is 0. The molecule has 30 heavy (non-hydrogen) atoms. The molecule has 5 heteroatoms. The lowest BCUT2D eigenvalue weighted by molar-refractivity contribution is -0.0536. The highest BCUT2D eigenvalue weighted by atomic mass is 16.6. The topological polar surface area (TPSA) is 62.7 Å². The third-order valence-electron chi connectivity index (χ3n) is 6.55. The molecular formula is C25H26N2O3. The van der Waals surface area contributed by atoms with E-state index in [1.54, 1.807) is 0 Å². The van der Waals surface area contributed by atoms with Gasteiger partial charge in [0.05, 0.1) is 11.1 Å². The average Bonchev–Trinajstić information content (AvgIpc) is 3.04. The Kier molecular flexibility index (Phi) is 4.70. The van der Waals surface area contributed by atoms with Gasteiger partial charge in [0.2, 0.25) is 0 Å². The van der Waals surface area contributed by atoms with Crippen molar-refractivity contribution in [3.05, 3.63) is 77.5 Å². The maximum Gasteiger partial charge on any atom is 0.410 e. The van der Waals surface area contributed by atoms with Crippen molar-refractivity contribution >= 4 is 17.0 Å². The molecule has 3 heterocycles. The van der Waals surface area contributed by atoms with E-state index in [0.29, 0.717) is 12.8 Å². The van der Waals surface area contributed by atoms with Gasteiger partial charge in [0.25, 0.3) is 0 Å². The minimum Gasteiger partial charge on any atom is -0.445 e. The van der Waals surface area contributed by atoms with Gasteiger partial charge in [-0.05, 0) is 49.1 Å². The number of rotatable bonds is 3. The van der Waals surface area contributed by atoms with Crippen LogP contribution < -0.4 is 0 Å². The summed E-state index contributed by atoms with van der Waals surface area (Å²) in [5.41, 5.74) is 2.88. The van der Waals surface area contributed by atoms with Crippen molar-refractivity contribution in [2.24, 2.45) is 0 Å². The number of pyridine rings is 1. The fraction of sp³-hybridized carbons (Fsp3) is 0.360. The summed E-state index contributed by atoms with van der Waals surface area (Å²) in [6.07, 6.45) is 2.61. The predicted octanol–water partition coefficient (Wildman–Crippen LogP) is 4.69. The number of benzene rings is 2. The lowest BCUT2D eigenvalue weighted by atomic mass is 9.80. The molecule has 1 aromatic heterocycles. The second kappa shape index (κ2) is 7.40. The summed E-state index contributed by atoms with van der Waals surface area (Å²) < 4.78 is 5.59. The van der Waals surface area contributed by atoms with Crippen molar-refractivity contribution in [2.75, 3.05) is 0 Å². The van der Waals surface area contributed by atoms with Crippen LogP contribution in [0.4, 0.5) is 4.79 Å². The lowest BCUT2D eigenvalue weighted by Crippen LogP contribution is -2.52. The second-order valence-electron chi connectivity index (χ2n) is 8.63. The van der Waals surface area contributed by atoms with Gasteiger partial charge in [-0.15, -0.1) is 0 Å². The van der Waals surface area contributed by atoms with Crippen molar-refractivity contribution in [1.82, 2.24) is 9.88 Å². The first-order valence-electron chi connectivity index (χ1n) is 10.6. The molecule has 5 rings (SSSR count). The number of amides is 1. The zero-order chi connectivity index (χ0) is 20.7. The number of piperidine rings is 1. The van der Waals surface area contributed by atoms with E-state index in [4.69, 9.17) is 4.74 Å². The highest BCUT2D eigenvalue weighted by molar-refractivity contribution is 5.79. The Balaban J connectivity index is 1.33. The maximum absolute atomic E-state index is 12.8. The molecule has 2 bridgehead atoms. The number of hydrogen-bond donors (Lipinski definition) is 1. The van der Waals surface area contributed by atoms with E-state index >= 15 is 0 Å². The van der Waals surface area contributed by atoms with Gasteiger partial charge >= 0.3 is 6.09 Å². The first-order valence-corrected chi connectivity index (χ1v) is 10.6. The van der Waals surface area contributed by atoms with E-state index in [2.05, 4.69) is 11.1 Å². The van der Waals surface area contributed by atoms with E-state index < -0.39 is 5.60 Å². The van der Waals surface area contributed by atoms with E-state index in [1.807, 2.05) is 66.4 Å². The van der Waals surface area contributed by atoms with Gasteiger partial charge in [-0.3, -0.25) is 4.98 Å². The number of ether oxygens (including phenoxy) is 1. The quantitative estimate of drug-likeness (QED) is 0.690. The van der Waals surface area contributed by atoms with Gasteiger partial charge in [0.1, 0.15) is 6.61 Å². The molecule has 0 saturated carbocycles. The highest BCUT2D eigenvalue weighted by Crippen LogP contribution is 2.46. The Morgan fingerprint density at radius 2 is 1.83 bits per heavy atom. The van der Waals surface area contributed by atoms with Crippen LogP contribution in [0.3, 0.4) is 0 Å². The van der Waals surface area contributed by atoms with Crippen LogP contribution in [0.5, 0.6) is 0 Å². The maximum atomic E-state index is 12.8. The van der Waals surface area contributed by atoms with Crippen LogP contribution in [0.15, 0.2) is 60.7 Å². The first-order chi connectivity index (χ1) is 14.5. The Bertz CT molecular complexity index is 1070. The second-order valence-corrected chi connectivity index (χ2v) is 8.63. The standard InChI is InChI=1S/C25H26N2O3/c1-17-7-8-19-13-20(9-12-23(19)26-17)25(29)14-21-10-11-22(15-25)27(21)24(28)30-16-18-5-3-2-4-6-18/h2-9,12-13,21-22,29H,10-11,14-16H2,1H3.